The van der Waals surface area contributed by atoms with E-state index in [2.05, 4.69) is 9.84 Å². The average molecular weight is 535 g/mol. The Kier molecular flexibility index (Phi) is 6.61. The first-order valence-corrected chi connectivity index (χ1v) is 12.1. The molecule has 36 heavy (non-hydrogen) atoms. The van der Waals surface area contributed by atoms with Crippen LogP contribution in [0.5, 0.6) is 5.75 Å². The van der Waals surface area contributed by atoms with Crippen LogP contribution < -0.4 is 4.74 Å². The van der Waals surface area contributed by atoms with E-state index in [9.17, 15) is 18.4 Å². The highest BCUT2D eigenvalue weighted by atomic mass is 35.5. The zero-order valence-electron chi connectivity index (χ0n) is 19.3. The molecule has 7 nitrogen and oxygen atoms in total. The fourth-order valence-electron chi connectivity index (χ4n) is 4.72. The molecule has 0 radical (unpaired) electrons. The summed E-state index contributed by atoms with van der Waals surface area (Å²) in [5, 5.41) is 5.32. The van der Waals surface area contributed by atoms with E-state index in [1.54, 1.807) is 44.8 Å². The van der Waals surface area contributed by atoms with E-state index in [-0.39, 0.29) is 36.7 Å². The molecule has 0 fully saturated rings. The maximum absolute atomic E-state index is 13.5. The largest absolute Gasteiger partial charge is 0.435 e. The van der Waals surface area contributed by atoms with Crippen molar-refractivity contribution in [3.05, 3.63) is 80.6 Å². The van der Waals surface area contributed by atoms with Crippen LogP contribution in [0.2, 0.25) is 10.0 Å². The first-order valence-electron chi connectivity index (χ1n) is 11.4. The first-order chi connectivity index (χ1) is 17.2. The Morgan fingerprint density at radius 2 is 1.97 bits per heavy atom. The molecular weight excluding hydrogens is 513 g/mol. The van der Waals surface area contributed by atoms with Gasteiger partial charge in [-0.1, -0.05) is 35.3 Å². The van der Waals surface area contributed by atoms with Crippen LogP contribution in [-0.4, -0.2) is 50.6 Å². The van der Waals surface area contributed by atoms with E-state index in [4.69, 9.17) is 23.2 Å². The van der Waals surface area contributed by atoms with Crippen LogP contribution in [0, 0.1) is 0 Å². The average Bonchev–Trinajstić information content (AvgIpc) is 3.19. The fraction of sp³-hybridized carbons (Fsp3) is 0.320. The summed E-state index contributed by atoms with van der Waals surface area (Å²) in [5.41, 5.74) is 3.08. The molecule has 2 aliphatic rings. The van der Waals surface area contributed by atoms with Crippen LogP contribution >= 0.6 is 23.2 Å². The van der Waals surface area contributed by atoms with Gasteiger partial charge in [-0.25, -0.2) is 0 Å². The summed E-state index contributed by atoms with van der Waals surface area (Å²) < 4.78 is 31.4. The molecule has 1 aromatic heterocycles. The third-order valence-electron chi connectivity index (χ3n) is 6.48. The fourth-order valence-corrected chi connectivity index (χ4v) is 5.02. The van der Waals surface area contributed by atoms with Crippen molar-refractivity contribution in [3.8, 4) is 5.75 Å². The van der Waals surface area contributed by atoms with Gasteiger partial charge in [0.1, 0.15) is 11.4 Å². The van der Waals surface area contributed by atoms with Crippen molar-refractivity contribution in [2.75, 3.05) is 6.54 Å². The number of ether oxygens (including phenoxy) is 1. The van der Waals surface area contributed by atoms with E-state index in [1.807, 2.05) is 6.92 Å². The van der Waals surface area contributed by atoms with Crippen LogP contribution in [0.25, 0.3) is 0 Å². The summed E-state index contributed by atoms with van der Waals surface area (Å²) in [5.74, 6) is -0.380. The minimum absolute atomic E-state index is 0.0415. The van der Waals surface area contributed by atoms with Gasteiger partial charge in [0.15, 0.2) is 0 Å². The molecule has 2 amide bonds. The first kappa shape index (κ1) is 24.5. The maximum Gasteiger partial charge on any atom is 0.387 e. The Morgan fingerprint density at radius 1 is 1.17 bits per heavy atom. The van der Waals surface area contributed by atoms with E-state index in [0.717, 1.165) is 11.3 Å². The molecule has 5 rings (SSSR count). The lowest BCUT2D eigenvalue weighted by Crippen LogP contribution is -2.44. The minimum Gasteiger partial charge on any atom is -0.435 e. The number of alkyl halides is 2. The molecule has 0 saturated carbocycles. The van der Waals surface area contributed by atoms with Gasteiger partial charge in [0.05, 0.1) is 28.8 Å². The number of halogens is 4. The summed E-state index contributed by atoms with van der Waals surface area (Å²) in [7, 11) is 0. The normalized spacial score (nSPS) is 17.3. The standard InChI is InChI=1S/C25H22Cl2F2N4O3/c1-14-9-21-18(13-32(14)23(34)16-5-6-19(26)20(27)11-16)22-24(35)31(7-8-33(22)30-21)12-15-3-2-4-17(10-15)36-25(28)29/h2-6,10-11,14,25H,7-9,12-13H2,1H3/t14-/m1/s1. The minimum atomic E-state index is -2.92. The van der Waals surface area contributed by atoms with Crippen molar-refractivity contribution in [2.24, 2.45) is 0 Å². The highest BCUT2D eigenvalue weighted by Crippen LogP contribution is 2.31. The number of fused-ring (bicyclic) bond motifs is 3. The molecule has 0 aliphatic carbocycles. The van der Waals surface area contributed by atoms with E-state index in [0.29, 0.717) is 46.4 Å². The number of hydrogen-bond donors (Lipinski definition) is 0. The highest BCUT2D eigenvalue weighted by Gasteiger charge is 2.37. The number of rotatable bonds is 5. The monoisotopic (exact) mass is 534 g/mol. The second-order valence-electron chi connectivity index (χ2n) is 8.86. The number of hydrogen-bond acceptors (Lipinski definition) is 4. The SMILES string of the molecule is C[C@@H]1Cc2nn3c(c2CN1C(=O)c1ccc(Cl)c(Cl)c1)C(=O)N(Cc1cccc(OC(F)F)c1)CC3. The predicted octanol–water partition coefficient (Wildman–Crippen LogP) is 5.03. The number of carbonyl (C=O) groups excluding carboxylic acids is 2. The van der Waals surface area contributed by atoms with Crippen molar-refractivity contribution in [1.82, 2.24) is 19.6 Å². The lowest BCUT2D eigenvalue weighted by Gasteiger charge is -2.34. The van der Waals surface area contributed by atoms with Crippen molar-refractivity contribution < 1.29 is 23.1 Å². The van der Waals surface area contributed by atoms with Crippen LogP contribution in [0.15, 0.2) is 42.5 Å². The van der Waals surface area contributed by atoms with Gasteiger partial charge in [-0.15, -0.1) is 0 Å². The number of carbonyl (C=O) groups is 2. The number of benzene rings is 2. The van der Waals surface area contributed by atoms with Gasteiger partial charge in [-0.2, -0.15) is 13.9 Å². The topological polar surface area (TPSA) is 67.7 Å². The van der Waals surface area contributed by atoms with Gasteiger partial charge in [-0.05, 0) is 42.8 Å². The molecule has 2 aliphatic heterocycles. The van der Waals surface area contributed by atoms with Gasteiger partial charge >= 0.3 is 6.61 Å². The Morgan fingerprint density at radius 3 is 2.72 bits per heavy atom. The Bertz CT molecular complexity index is 1350. The lowest BCUT2D eigenvalue weighted by molar-refractivity contribution is -0.0499. The zero-order chi connectivity index (χ0) is 25.6. The quantitative estimate of drug-likeness (QED) is 0.460. The van der Waals surface area contributed by atoms with Gasteiger partial charge in [0.25, 0.3) is 11.8 Å². The molecule has 2 aromatic carbocycles. The summed E-state index contributed by atoms with van der Waals surface area (Å²) in [6, 6.07) is 10.9. The molecule has 0 unspecified atom stereocenters. The van der Waals surface area contributed by atoms with E-state index >= 15 is 0 Å². The molecule has 3 heterocycles. The van der Waals surface area contributed by atoms with Gasteiger partial charge in [-0.3, -0.25) is 14.3 Å². The Hall–Kier alpha value is -3.17. The molecule has 0 spiro atoms. The molecule has 1 atom stereocenters. The molecule has 0 N–H and O–H groups in total. The molecule has 3 aromatic rings. The number of amides is 2. The molecule has 0 saturated heterocycles. The molecular formula is C25H22Cl2F2N4O3. The van der Waals surface area contributed by atoms with Crippen molar-refractivity contribution >= 4 is 35.0 Å². The summed E-state index contributed by atoms with van der Waals surface area (Å²) in [6.07, 6.45) is 0.517. The van der Waals surface area contributed by atoms with E-state index in [1.165, 1.54) is 12.1 Å². The third-order valence-corrected chi connectivity index (χ3v) is 7.22. The maximum atomic E-state index is 13.5. The molecule has 0 bridgehead atoms. The van der Waals surface area contributed by atoms with E-state index < -0.39 is 6.61 Å². The summed E-state index contributed by atoms with van der Waals surface area (Å²) in [6.45, 7) is 0.419. The highest BCUT2D eigenvalue weighted by molar-refractivity contribution is 6.42. The Balaban J connectivity index is 1.39. The molecule has 11 heteroatoms. The van der Waals surface area contributed by atoms with Crippen LogP contribution in [0.1, 0.15) is 44.6 Å². The second-order valence-corrected chi connectivity index (χ2v) is 9.68. The zero-order valence-corrected chi connectivity index (χ0v) is 20.8. The second kappa shape index (κ2) is 9.71. The van der Waals surface area contributed by atoms with Crippen molar-refractivity contribution in [1.29, 1.82) is 0 Å². The lowest BCUT2D eigenvalue weighted by atomic mass is 9.97. The summed E-state index contributed by atoms with van der Waals surface area (Å²) in [4.78, 5) is 30.2. The van der Waals surface area contributed by atoms with Crippen molar-refractivity contribution in [3.63, 3.8) is 0 Å². The van der Waals surface area contributed by atoms with Crippen LogP contribution in [-0.2, 0) is 26.1 Å². The van der Waals surface area contributed by atoms with Gasteiger partial charge in [0, 0.05) is 36.7 Å². The number of nitrogens with zero attached hydrogens (tertiary/aromatic N) is 4. The van der Waals surface area contributed by atoms with Gasteiger partial charge in [0.2, 0.25) is 0 Å². The van der Waals surface area contributed by atoms with Crippen molar-refractivity contribution in [2.45, 2.75) is 45.6 Å². The predicted molar refractivity (Wildman–Crippen MR) is 130 cm³/mol. The summed E-state index contributed by atoms with van der Waals surface area (Å²) >= 11 is 12.1. The van der Waals surface area contributed by atoms with Gasteiger partial charge < -0.3 is 14.5 Å². The molecule has 188 valence electrons. The number of aromatic nitrogens is 2. The van der Waals surface area contributed by atoms with Crippen LogP contribution in [0.3, 0.4) is 0 Å². The Labute approximate surface area is 216 Å². The van der Waals surface area contributed by atoms with Crippen LogP contribution in [0.4, 0.5) is 8.78 Å². The third kappa shape index (κ3) is 4.65. The smallest absolute Gasteiger partial charge is 0.387 e.